The van der Waals surface area contributed by atoms with Crippen molar-refractivity contribution in [3.05, 3.63) is 60.2 Å². The number of nitrogens with zero attached hydrogens (tertiary/aromatic N) is 1. The van der Waals surface area contributed by atoms with E-state index < -0.39 is 24.4 Å². The largest absolute Gasteiger partial charge is 0.455 e. The van der Waals surface area contributed by atoms with Gasteiger partial charge in [0.2, 0.25) is 5.91 Å². The average Bonchev–Trinajstić information content (AvgIpc) is 2.72. The van der Waals surface area contributed by atoms with E-state index in [1.54, 1.807) is 24.3 Å². The van der Waals surface area contributed by atoms with E-state index >= 15 is 0 Å². The van der Waals surface area contributed by atoms with Crippen molar-refractivity contribution in [1.29, 1.82) is 0 Å². The number of nitrogens with one attached hydrogen (secondary N) is 1. The fourth-order valence-electron chi connectivity index (χ4n) is 3.35. The number of hydrogen-bond donors (Lipinski definition) is 1. The smallest absolute Gasteiger partial charge is 0.314 e. The minimum atomic E-state index is -0.434. The molecule has 146 valence electrons. The van der Waals surface area contributed by atoms with Crippen molar-refractivity contribution >= 4 is 29.2 Å². The Hall–Kier alpha value is -3.15. The molecule has 0 bridgehead atoms. The summed E-state index contributed by atoms with van der Waals surface area (Å²) in [5.74, 6) is -1.49. The average molecular weight is 380 g/mol. The minimum Gasteiger partial charge on any atom is -0.455 e. The molecule has 2 aromatic carbocycles. The van der Waals surface area contributed by atoms with E-state index in [1.807, 2.05) is 44.2 Å². The second-order valence-electron chi connectivity index (χ2n) is 6.93. The van der Waals surface area contributed by atoms with E-state index in [-0.39, 0.29) is 18.4 Å². The van der Waals surface area contributed by atoms with Crippen LogP contribution in [0.25, 0.3) is 0 Å². The third-order valence-corrected chi connectivity index (χ3v) is 5.04. The zero-order valence-corrected chi connectivity index (χ0v) is 16.1. The van der Waals surface area contributed by atoms with E-state index in [9.17, 15) is 14.4 Å². The lowest BCUT2D eigenvalue weighted by Crippen LogP contribution is -2.44. The zero-order valence-electron chi connectivity index (χ0n) is 16.1. The lowest BCUT2D eigenvalue weighted by Gasteiger charge is -2.29. The van der Waals surface area contributed by atoms with Crippen molar-refractivity contribution in [2.24, 2.45) is 5.92 Å². The Morgan fingerprint density at radius 2 is 1.79 bits per heavy atom. The van der Waals surface area contributed by atoms with E-state index in [2.05, 4.69) is 5.32 Å². The maximum Gasteiger partial charge on any atom is 0.314 e. The summed E-state index contributed by atoms with van der Waals surface area (Å²) < 4.78 is 5.38. The molecule has 28 heavy (non-hydrogen) atoms. The highest BCUT2D eigenvalue weighted by atomic mass is 16.5. The summed E-state index contributed by atoms with van der Waals surface area (Å²) in [7, 11) is 0. The number of ether oxygens (including phenoxy) is 1. The normalized spacial score (nSPS) is 15.2. The first-order valence-electron chi connectivity index (χ1n) is 9.42. The molecule has 2 atom stereocenters. The predicted octanol–water partition coefficient (Wildman–Crippen LogP) is 3.34. The maximum atomic E-state index is 12.8. The van der Waals surface area contributed by atoms with Gasteiger partial charge in [-0.15, -0.1) is 0 Å². The van der Waals surface area contributed by atoms with Crippen LogP contribution in [0.2, 0.25) is 0 Å². The molecule has 1 aliphatic rings. The highest BCUT2D eigenvalue weighted by molar-refractivity contribution is 6.10. The molecule has 6 nitrogen and oxygen atoms in total. The number of amides is 2. The molecule has 0 saturated heterocycles. The van der Waals surface area contributed by atoms with Gasteiger partial charge >= 0.3 is 5.97 Å². The van der Waals surface area contributed by atoms with Crippen LogP contribution >= 0.6 is 0 Å². The second-order valence-corrected chi connectivity index (χ2v) is 6.93. The number of anilines is 2. The Bertz CT molecular complexity index is 866. The summed E-state index contributed by atoms with van der Waals surface area (Å²) in [4.78, 5) is 38.7. The molecule has 1 heterocycles. The summed E-state index contributed by atoms with van der Waals surface area (Å²) >= 11 is 0. The molecule has 0 aliphatic carbocycles. The summed E-state index contributed by atoms with van der Waals surface area (Å²) in [6, 6.07) is 16.5. The molecule has 0 spiro atoms. The van der Waals surface area contributed by atoms with Crippen LogP contribution in [0.3, 0.4) is 0 Å². The third-order valence-electron chi connectivity index (χ3n) is 5.04. The van der Waals surface area contributed by atoms with Crippen molar-refractivity contribution in [2.75, 3.05) is 23.4 Å². The first kappa shape index (κ1) is 19.6. The lowest BCUT2D eigenvalue weighted by atomic mass is 9.86. The molecule has 1 N–H and O–H groups in total. The Balaban J connectivity index is 1.71. The predicted molar refractivity (Wildman–Crippen MR) is 107 cm³/mol. The topological polar surface area (TPSA) is 75.7 Å². The van der Waals surface area contributed by atoms with Crippen LogP contribution in [0.4, 0.5) is 11.4 Å². The SMILES string of the molecule is CC[C@@H](C)[C@@H](C(=O)OCC(=O)N1CC(=O)Nc2ccccc21)c1ccccc1. The van der Waals surface area contributed by atoms with Crippen molar-refractivity contribution in [1.82, 2.24) is 0 Å². The standard InChI is InChI=1S/C22H24N2O4/c1-3-15(2)21(16-9-5-4-6-10-16)22(27)28-14-20(26)24-13-19(25)23-17-11-7-8-12-18(17)24/h4-12,15,21H,3,13-14H2,1-2H3,(H,23,25)/t15-,21-/m1/s1. The van der Waals surface area contributed by atoms with Gasteiger partial charge in [0.05, 0.1) is 17.3 Å². The summed E-state index contributed by atoms with van der Waals surface area (Å²) in [5.41, 5.74) is 2.04. The Morgan fingerprint density at radius 3 is 2.50 bits per heavy atom. The van der Waals surface area contributed by atoms with E-state index in [0.29, 0.717) is 11.4 Å². The van der Waals surface area contributed by atoms with E-state index in [1.165, 1.54) is 4.90 Å². The van der Waals surface area contributed by atoms with E-state index in [0.717, 1.165) is 12.0 Å². The fourth-order valence-corrected chi connectivity index (χ4v) is 3.35. The highest BCUT2D eigenvalue weighted by Crippen LogP contribution is 2.30. The van der Waals surface area contributed by atoms with Crippen LogP contribution in [-0.2, 0) is 19.1 Å². The zero-order chi connectivity index (χ0) is 20.1. The quantitative estimate of drug-likeness (QED) is 0.780. The molecule has 2 amide bonds. The molecular formula is C22H24N2O4. The number of para-hydroxylation sites is 2. The van der Waals surface area contributed by atoms with Gasteiger partial charge in [0.15, 0.2) is 6.61 Å². The van der Waals surface area contributed by atoms with E-state index in [4.69, 9.17) is 4.74 Å². The van der Waals surface area contributed by atoms with Gasteiger partial charge in [-0.25, -0.2) is 0 Å². The summed E-state index contributed by atoms with van der Waals surface area (Å²) in [6.45, 7) is 3.51. The summed E-state index contributed by atoms with van der Waals surface area (Å²) in [6.07, 6.45) is 0.808. The first-order valence-corrected chi connectivity index (χ1v) is 9.42. The van der Waals surface area contributed by atoms with Gasteiger partial charge in [-0.2, -0.15) is 0 Å². The van der Waals surface area contributed by atoms with Gasteiger partial charge in [0.1, 0.15) is 6.54 Å². The molecule has 0 fully saturated rings. The molecule has 2 aromatic rings. The lowest BCUT2D eigenvalue weighted by molar-refractivity contribution is -0.150. The van der Waals surface area contributed by atoms with Crippen molar-refractivity contribution in [2.45, 2.75) is 26.2 Å². The molecule has 1 aliphatic heterocycles. The van der Waals surface area contributed by atoms with Crippen LogP contribution in [0.1, 0.15) is 31.7 Å². The molecule has 0 saturated carbocycles. The number of carbonyl (C=O) groups excluding carboxylic acids is 3. The summed E-state index contributed by atoms with van der Waals surface area (Å²) in [5, 5.41) is 2.73. The number of fused-ring (bicyclic) bond motifs is 1. The molecular weight excluding hydrogens is 356 g/mol. The second kappa shape index (κ2) is 8.69. The maximum absolute atomic E-state index is 12.8. The van der Waals surface area contributed by atoms with Gasteiger partial charge < -0.3 is 10.1 Å². The van der Waals surface area contributed by atoms with Gasteiger partial charge in [-0.1, -0.05) is 62.7 Å². The van der Waals surface area contributed by atoms with Gasteiger partial charge in [-0.05, 0) is 23.6 Å². The van der Waals surface area contributed by atoms with Crippen molar-refractivity contribution in [3.8, 4) is 0 Å². The highest BCUT2D eigenvalue weighted by Gasteiger charge is 2.30. The van der Waals surface area contributed by atoms with Crippen molar-refractivity contribution in [3.63, 3.8) is 0 Å². The van der Waals surface area contributed by atoms with Crippen molar-refractivity contribution < 1.29 is 19.1 Å². The Morgan fingerprint density at radius 1 is 1.11 bits per heavy atom. The number of carbonyl (C=O) groups is 3. The fraction of sp³-hybridized carbons (Fsp3) is 0.318. The molecule has 0 aromatic heterocycles. The monoisotopic (exact) mass is 380 g/mol. The number of rotatable bonds is 6. The molecule has 0 unspecified atom stereocenters. The van der Waals surface area contributed by atoms with Crippen LogP contribution in [0.15, 0.2) is 54.6 Å². The van der Waals surface area contributed by atoms with Gasteiger partial charge in [0.25, 0.3) is 5.91 Å². The van der Waals surface area contributed by atoms with Crippen LogP contribution < -0.4 is 10.2 Å². The first-order chi connectivity index (χ1) is 13.5. The van der Waals surface area contributed by atoms with Crippen LogP contribution in [-0.4, -0.2) is 30.9 Å². The molecule has 3 rings (SSSR count). The number of hydrogen-bond acceptors (Lipinski definition) is 4. The van der Waals surface area contributed by atoms with Crippen LogP contribution in [0, 0.1) is 5.92 Å². The molecule has 0 radical (unpaired) electrons. The Labute approximate surface area is 164 Å². The van der Waals surface area contributed by atoms with Gasteiger partial charge in [-0.3, -0.25) is 19.3 Å². The molecule has 6 heteroatoms. The van der Waals surface area contributed by atoms with Crippen LogP contribution in [0.5, 0.6) is 0 Å². The van der Waals surface area contributed by atoms with Gasteiger partial charge in [0, 0.05) is 0 Å². The third kappa shape index (κ3) is 4.22. The minimum absolute atomic E-state index is 0.0755. The number of esters is 1. The Kier molecular flexibility index (Phi) is 6.09. The number of benzene rings is 2.